The van der Waals surface area contributed by atoms with E-state index in [1.54, 1.807) is 7.11 Å². The fraction of sp³-hybridized carbons (Fsp3) is 0.167. The lowest BCUT2D eigenvalue weighted by atomic mass is 10.0. The standard InChI is InChI=1S/C18H17NO/c1-13-10-15(8-9-18(13)20-2)16-11-17(19-12-16)14-6-4-3-5-7-14/h3-11H,12H2,1-2H3. The van der Waals surface area contributed by atoms with Gasteiger partial charge in [-0.3, -0.25) is 4.99 Å². The average molecular weight is 263 g/mol. The maximum absolute atomic E-state index is 5.30. The third kappa shape index (κ3) is 2.37. The molecule has 0 atom stereocenters. The molecule has 1 heterocycles. The van der Waals surface area contributed by atoms with Crippen molar-refractivity contribution < 1.29 is 4.74 Å². The van der Waals surface area contributed by atoms with Crippen molar-refractivity contribution in [3.63, 3.8) is 0 Å². The number of nitrogens with zero attached hydrogens (tertiary/aromatic N) is 1. The smallest absolute Gasteiger partial charge is 0.121 e. The predicted molar refractivity (Wildman–Crippen MR) is 83.6 cm³/mol. The molecule has 2 aromatic carbocycles. The van der Waals surface area contributed by atoms with E-state index in [0.717, 1.165) is 23.6 Å². The zero-order valence-corrected chi connectivity index (χ0v) is 11.8. The normalized spacial score (nSPS) is 13.9. The molecule has 0 unspecified atom stereocenters. The lowest BCUT2D eigenvalue weighted by Crippen LogP contribution is -1.92. The van der Waals surface area contributed by atoms with Crippen LogP contribution >= 0.6 is 0 Å². The molecule has 0 radical (unpaired) electrons. The predicted octanol–water partition coefficient (Wildman–Crippen LogP) is 3.89. The van der Waals surface area contributed by atoms with E-state index < -0.39 is 0 Å². The Labute approximate surface area is 119 Å². The fourth-order valence-electron chi connectivity index (χ4n) is 2.46. The van der Waals surface area contributed by atoms with Crippen LogP contribution in [0, 0.1) is 6.92 Å². The first-order valence-electron chi connectivity index (χ1n) is 6.73. The Bertz CT molecular complexity index is 684. The van der Waals surface area contributed by atoms with E-state index in [4.69, 9.17) is 4.74 Å². The molecule has 0 aliphatic carbocycles. The van der Waals surface area contributed by atoms with Gasteiger partial charge in [0.1, 0.15) is 5.75 Å². The molecular formula is C18H17NO. The van der Waals surface area contributed by atoms with Gasteiger partial charge in [-0.15, -0.1) is 0 Å². The topological polar surface area (TPSA) is 21.6 Å². The molecule has 2 nitrogen and oxygen atoms in total. The number of benzene rings is 2. The van der Waals surface area contributed by atoms with Crippen LogP contribution < -0.4 is 4.74 Å². The summed E-state index contributed by atoms with van der Waals surface area (Å²) in [6.45, 7) is 2.81. The maximum Gasteiger partial charge on any atom is 0.121 e. The van der Waals surface area contributed by atoms with Crippen molar-refractivity contribution in [3.8, 4) is 5.75 Å². The number of allylic oxidation sites excluding steroid dienone is 1. The molecule has 0 aromatic heterocycles. The minimum atomic E-state index is 0.746. The van der Waals surface area contributed by atoms with Crippen LogP contribution in [0.3, 0.4) is 0 Å². The average Bonchev–Trinajstić information content (AvgIpc) is 2.98. The van der Waals surface area contributed by atoms with Gasteiger partial charge in [0.2, 0.25) is 0 Å². The van der Waals surface area contributed by atoms with Crippen LogP contribution in [-0.4, -0.2) is 19.4 Å². The Hall–Kier alpha value is -2.35. The second kappa shape index (κ2) is 5.33. The van der Waals surface area contributed by atoms with Gasteiger partial charge >= 0.3 is 0 Å². The molecule has 20 heavy (non-hydrogen) atoms. The van der Waals surface area contributed by atoms with Gasteiger partial charge in [-0.05, 0) is 47.4 Å². The molecule has 0 bridgehead atoms. The molecule has 3 rings (SSSR count). The number of rotatable bonds is 3. The molecule has 2 aromatic rings. The third-order valence-corrected chi connectivity index (χ3v) is 3.57. The van der Waals surface area contributed by atoms with Gasteiger partial charge in [-0.2, -0.15) is 0 Å². The van der Waals surface area contributed by atoms with E-state index in [9.17, 15) is 0 Å². The minimum absolute atomic E-state index is 0.746. The first-order chi connectivity index (χ1) is 9.78. The van der Waals surface area contributed by atoms with Gasteiger partial charge in [0.25, 0.3) is 0 Å². The van der Waals surface area contributed by atoms with E-state index in [2.05, 4.69) is 42.3 Å². The SMILES string of the molecule is COc1ccc(C2=CC(c3ccccc3)=NC2)cc1C. The van der Waals surface area contributed by atoms with Gasteiger partial charge in [-0.1, -0.05) is 36.4 Å². The molecule has 1 aliphatic rings. The van der Waals surface area contributed by atoms with Gasteiger partial charge in [0, 0.05) is 0 Å². The van der Waals surface area contributed by atoms with E-state index in [0.29, 0.717) is 0 Å². The van der Waals surface area contributed by atoms with Crippen molar-refractivity contribution in [3.05, 3.63) is 71.3 Å². The van der Waals surface area contributed by atoms with Crippen LogP contribution in [0.2, 0.25) is 0 Å². The first kappa shape index (κ1) is 12.7. The Kier molecular flexibility index (Phi) is 3.38. The Morgan fingerprint density at radius 2 is 1.80 bits per heavy atom. The van der Waals surface area contributed by atoms with Crippen LogP contribution in [0.1, 0.15) is 16.7 Å². The zero-order chi connectivity index (χ0) is 13.9. The molecule has 2 heteroatoms. The number of aryl methyl sites for hydroxylation is 1. The quantitative estimate of drug-likeness (QED) is 0.823. The van der Waals surface area contributed by atoms with Crippen molar-refractivity contribution in [2.45, 2.75) is 6.92 Å². The molecule has 0 saturated heterocycles. The molecule has 0 saturated carbocycles. The number of aliphatic imine (C=N–C) groups is 1. The highest BCUT2D eigenvalue weighted by Gasteiger charge is 2.12. The summed E-state index contributed by atoms with van der Waals surface area (Å²) >= 11 is 0. The van der Waals surface area contributed by atoms with Crippen LogP contribution in [0.25, 0.3) is 5.57 Å². The van der Waals surface area contributed by atoms with Gasteiger partial charge in [-0.25, -0.2) is 0 Å². The zero-order valence-electron chi connectivity index (χ0n) is 11.8. The van der Waals surface area contributed by atoms with E-state index in [1.165, 1.54) is 16.7 Å². The summed E-state index contributed by atoms with van der Waals surface area (Å²) in [4.78, 5) is 4.63. The van der Waals surface area contributed by atoms with Crippen LogP contribution in [0.5, 0.6) is 5.75 Å². The van der Waals surface area contributed by atoms with E-state index in [1.807, 2.05) is 24.3 Å². The Morgan fingerprint density at radius 1 is 1.00 bits per heavy atom. The monoisotopic (exact) mass is 263 g/mol. The van der Waals surface area contributed by atoms with E-state index in [-0.39, 0.29) is 0 Å². The van der Waals surface area contributed by atoms with Crippen LogP contribution in [0.15, 0.2) is 59.6 Å². The van der Waals surface area contributed by atoms with Crippen LogP contribution in [0.4, 0.5) is 0 Å². The molecule has 0 fully saturated rings. The van der Waals surface area contributed by atoms with Crippen molar-refractivity contribution in [1.29, 1.82) is 0 Å². The Balaban J connectivity index is 1.89. The summed E-state index contributed by atoms with van der Waals surface area (Å²) in [6.07, 6.45) is 2.18. The van der Waals surface area contributed by atoms with E-state index >= 15 is 0 Å². The Morgan fingerprint density at radius 3 is 2.50 bits per heavy atom. The lowest BCUT2D eigenvalue weighted by molar-refractivity contribution is 0.411. The number of ether oxygens (including phenoxy) is 1. The van der Waals surface area contributed by atoms with Crippen molar-refractivity contribution >= 4 is 11.3 Å². The third-order valence-electron chi connectivity index (χ3n) is 3.57. The molecule has 100 valence electrons. The highest BCUT2D eigenvalue weighted by atomic mass is 16.5. The summed E-state index contributed by atoms with van der Waals surface area (Å²) in [5, 5.41) is 0. The molecule has 0 spiro atoms. The highest BCUT2D eigenvalue weighted by molar-refractivity contribution is 6.14. The minimum Gasteiger partial charge on any atom is -0.496 e. The van der Waals surface area contributed by atoms with Crippen molar-refractivity contribution in [1.82, 2.24) is 0 Å². The first-order valence-corrected chi connectivity index (χ1v) is 6.73. The lowest BCUT2D eigenvalue weighted by Gasteiger charge is -2.07. The number of hydrogen-bond acceptors (Lipinski definition) is 2. The van der Waals surface area contributed by atoms with Crippen molar-refractivity contribution in [2.24, 2.45) is 4.99 Å². The highest BCUT2D eigenvalue weighted by Crippen LogP contribution is 2.26. The molecular weight excluding hydrogens is 246 g/mol. The van der Waals surface area contributed by atoms with Gasteiger partial charge in [0.05, 0.1) is 19.4 Å². The van der Waals surface area contributed by atoms with Crippen molar-refractivity contribution in [2.75, 3.05) is 13.7 Å². The summed E-state index contributed by atoms with van der Waals surface area (Å²) in [5.74, 6) is 0.927. The number of hydrogen-bond donors (Lipinski definition) is 0. The summed E-state index contributed by atoms with van der Waals surface area (Å²) in [5.41, 5.74) is 5.87. The van der Waals surface area contributed by atoms with Crippen LogP contribution in [-0.2, 0) is 0 Å². The largest absolute Gasteiger partial charge is 0.496 e. The van der Waals surface area contributed by atoms with Gasteiger partial charge in [0.15, 0.2) is 0 Å². The number of methoxy groups -OCH3 is 1. The maximum atomic E-state index is 5.30. The fourth-order valence-corrected chi connectivity index (χ4v) is 2.46. The molecule has 0 N–H and O–H groups in total. The second-order valence-corrected chi connectivity index (χ2v) is 4.92. The summed E-state index contributed by atoms with van der Waals surface area (Å²) in [6, 6.07) is 16.6. The second-order valence-electron chi connectivity index (χ2n) is 4.92. The summed E-state index contributed by atoms with van der Waals surface area (Å²) in [7, 11) is 1.70. The molecule has 0 amide bonds. The van der Waals surface area contributed by atoms with Gasteiger partial charge < -0.3 is 4.74 Å². The summed E-state index contributed by atoms with van der Waals surface area (Å²) < 4.78 is 5.30. The molecule has 1 aliphatic heterocycles.